The van der Waals surface area contributed by atoms with Crippen LogP contribution in [0.5, 0.6) is 5.75 Å². The predicted molar refractivity (Wildman–Crippen MR) is 78.4 cm³/mol. The van der Waals surface area contributed by atoms with Gasteiger partial charge in [0, 0.05) is 17.0 Å². The molecule has 112 valence electrons. The normalized spacial score (nSPS) is 13.0. The highest BCUT2D eigenvalue weighted by Crippen LogP contribution is 2.38. The van der Waals surface area contributed by atoms with Crippen molar-refractivity contribution in [1.82, 2.24) is 0 Å². The lowest BCUT2D eigenvalue weighted by molar-refractivity contribution is -0.386. The highest BCUT2D eigenvalue weighted by molar-refractivity contribution is 9.10. The van der Waals surface area contributed by atoms with Crippen molar-refractivity contribution in [2.45, 2.75) is 6.92 Å². The van der Waals surface area contributed by atoms with Crippen LogP contribution in [0.15, 0.2) is 16.6 Å². The van der Waals surface area contributed by atoms with Crippen molar-refractivity contribution in [3.63, 3.8) is 0 Å². The van der Waals surface area contributed by atoms with Gasteiger partial charge in [-0.05, 0) is 22.0 Å². The molecular weight excluding hydrogens is 376 g/mol. The Morgan fingerprint density at radius 2 is 2.15 bits per heavy atom. The van der Waals surface area contributed by atoms with Crippen LogP contribution in [0.25, 0.3) is 0 Å². The summed E-state index contributed by atoms with van der Waals surface area (Å²) in [6.45, 7) is 1.58. The van der Waals surface area contributed by atoms with E-state index in [1.807, 2.05) is 0 Å². The zero-order valence-electron chi connectivity index (χ0n) is 10.4. The van der Waals surface area contributed by atoms with Gasteiger partial charge in [-0.1, -0.05) is 18.5 Å². The summed E-state index contributed by atoms with van der Waals surface area (Å²) < 4.78 is 27.5. The van der Waals surface area contributed by atoms with Crippen molar-refractivity contribution in [2.75, 3.05) is 12.4 Å². The van der Waals surface area contributed by atoms with Crippen molar-refractivity contribution in [2.24, 2.45) is 11.1 Å². The summed E-state index contributed by atoms with van der Waals surface area (Å²) in [7, 11) is -3.62. The molecule has 0 aliphatic heterocycles. The Kier molecular flexibility index (Phi) is 5.75. The van der Waals surface area contributed by atoms with E-state index in [1.54, 1.807) is 6.92 Å². The van der Waals surface area contributed by atoms with Gasteiger partial charge in [0.15, 0.2) is 0 Å². The Morgan fingerprint density at radius 3 is 2.65 bits per heavy atom. The molecule has 0 bridgehead atoms. The van der Waals surface area contributed by atoms with Gasteiger partial charge in [0.25, 0.3) is 0 Å². The Labute approximate surface area is 129 Å². The molecule has 7 nitrogen and oxygen atoms in total. The Hall–Kier alpha value is -0.900. The van der Waals surface area contributed by atoms with Gasteiger partial charge in [0.1, 0.15) is 0 Å². The monoisotopic (exact) mass is 386 g/mol. The smallest absolute Gasteiger partial charge is 0.313 e. The molecule has 0 aliphatic rings. The lowest BCUT2D eigenvalue weighted by Gasteiger charge is -2.13. The molecule has 0 amide bonds. The Morgan fingerprint density at radius 1 is 1.55 bits per heavy atom. The van der Waals surface area contributed by atoms with Gasteiger partial charge in [-0.2, -0.15) is 0 Å². The molecule has 0 aliphatic carbocycles. The number of nitrogens with two attached hydrogens (primary N) is 1. The van der Waals surface area contributed by atoms with E-state index in [2.05, 4.69) is 15.9 Å². The average Bonchev–Trinajstić information content (AvgIpc) is 2.24. The number of nitrogens with zero attached hydrogens (tertiary/aromatic N) is 1. The first-order chi connectivity index (χ1) is 9.10. The van der Waals surface area contributed by atoms with Gasteiger partial charge in [0.2, 0.25) is 15.8 Å². The molecule has 1 aromatic carbocycles. The van der Waals surface area contributed by atoms with E-state index >= 15 is 0 Å². The largest absolute Gasteiger partial charge is 0.486 e. The molecule has 2 N–H and O–H groups in total. The number of ether oxygens (including phenoxy) is 1. The highest BCUT2D eigenvalue weighted by Gasteiger charge is 2.21. The molecule has 0 saturated carbocycles. The van der Waals surface area contributed by atoms with E-state index < -0.39 is 20.9 Å². The van der Waals surface area contributed by atoms with Gasteiger partial charge < -0.3 is 4.74 Å². The van der Waals surface area contributed by atoms with E-state index in [-0.39, 0.29) is 28.8 Å². The molecule has 0 saturated heterocycles. The third-order valence-electron chi connectivity index (χ3n) is 2.21. The summed E-state index contributed by atoms with van der Waals surface area (Å²) in [6.07, 6.45) is 0. The van der Waals surface area contributed by atoms with E-state index in [0.717, 1.165) is 6.07 Å². The molecule has 10 heteroatoms. The van der Waals surface area contributed by atoms with Crippen molar-refractivity contribution in [1.29, 1.82) is 0 Å². The fourth-order valence-electron chi connectivity index (χ4n) is 1.50. The molecule has 1 unspecified atom stereocenters. The Bertz CT molecular complexity index is 622. The van der Waals surface area contributed by atoms with Gasteiger partial charge in [-0.3, -0.25) is 10.1 Å². The van der Waals surface area contributed by atoms with Crippen LogP contribution in [-0.4, -0.2) is 25.7 Å². The third kappa shape index (κ3) is 5.23. The number of primary sulfonamides is 1. The van der Waals surface area contributed by atoms with Crippen LogP contribution in [0.1, 0.15) is 6.92 Å². The van der Waals surface area contributed by atoms with Crippen LogP contribution < -0.4 is 9.88 Å². The summed E-state index contributed by atoms with van der Waals surface area (Å²) in [6, 6.07) is 2.61. The third-order valence-corrected chi connectivity index (χ3v) is 4.06. The summed E-state index contributed by atoms with van der Waals surface area (Å²) in [5.41, 5.74) is -0.299. The minimum absolute atomic E-state index is 0.000620. The first-order valence-electron chi connectivity index (χ1n) is 5.37. The molecular formula is C10H12BrClN2O5S. The lowest BCUT2D eigenvalue weighted by atomic mass is 10.2. The summed E-state index contributed by atoms with van der Waals surface area (Å²) in [5, 5.41) is 16.0. The predicted octanol–water partition coefficient (Wildman–Crippen LogP) is 2.31. The molecule has 0 spiro atoms. The van der Waals surface area contributed by atoms with Crippen LogP contribution in [0.2, 0.25) is 5.02 Å². The molecule has 20 heavy (non-hydrogen) atoms. The zero-order chi connectivity index (χ0) is 15.5. The number of halogens is 2. The summed E-state index contributed by atoms with van der Waals surface area (Å²) >= 11 is 8.85. The van der Waals surface area contributed by atoms with Crippen LogP contribution in [-0.2, 0) is 10.0 Å². The van der Waals surface area contributed by atoms with E-state index in [9.17, 15) is 18.5 Å². The molecule has 0 radical (unpaired) electrons. The standard InChI is InChI=1S/C10H12BrClN2O5S/c1-6(5-20(13,17)18)4-19-10-8(11)2-7(12)3-9(10)14(15)16/h2-3,6H,4-5H2,1H3,(H2,13,17,18). The van der Waals surface area contributed by atoms with Gasteiger partial charge >= 0.3 is 5.69 Å². The summed E-state index contributed by atoms with van der Waals surface area (Å²) in [5.74, 6) is -0.681. The topological polar surface area (TPSA) is 113 Å². The lowest BCUT2D eigenvalue weighted by Crippen LogP contribution is -2.25. The molecule has 0 heterocycles. The number of hydrogen-bond acceptors (Lipinski definition) is 5. The fourth-order valence-corrected chi connectivity index (χ4v) is 3.29. The SMILES string of the molecule is CC(COc1c(Br)cc(Cl)cc1[N+](=O)[O-])CS(N)(=O)=O. The quantitative estimate of drug-likeness (QED) is 0.594. The van der Waals surface area contributed by atoms with E-state index in [4.69, 9.17) is 21.5 Å². The van der Waals surface area contributed by atoms with Crippen molar-refractivity contribution in [3.05, 3.63) is 31.7 Å². The zero-order valence-corrected chi connectivity index (χ0v) is 13.5. The summed E-state index contributed by atoms with van der Waals surface area (Å²) in [4.78, 5) is 10.3. The maximum atomic E-state index is 10.9. The van der Waals surface area contributed by atoms with Crippen molar-refractivity contribution in [3.8, 4) is 5.75 Å². The average molecular weight is 388 g/mol. The number of nitro benzene ring substituents is 1. The maximum absolute atomic E-state index is 10.9. The fraction of sp³-hybridized carbons (Fsp3) is 0.400. The maximum Gasteiger partial charge on any atom is 0.313 e. The molecule has 1 rings (SSSR count). The van der Waals surface area contributed by atoms with Gasteiger partial charge in [-0.15, -0.1) is 0 Å². The second-order valence-corrected chi connectivity index (χ2v) is 7.19. The second kappa shape index (κ2) is 6.70. The molecule has 1 aromatic rings. The number of sulfonamides is 1. The number of rotatable bonds is 6. The minimum atomic E-state index is -3.62. The van der Waals surface area contributed by atoms with Crippen LogP contribution in [0.4, 0.5) is 5.69 Å². The van der Waals surface area contributed by atoms with Crippen LogP contribution >= 0.6 is 27.5 Å². The van der Waals surface area contributed by atoms with Crippen molar-refractivity contribution < 1.29 is 18.1 Å². The van der Waals surface area contributed by atoms with Gasteiger partial charge in [-0.25, -0.2) is 13.6 Å². The highest BCUT2D eigenvalue weighted by atomic mass is 79.9. The molecule has 0 aromatic heterocycles. The number of benzene rings is 1. The van der Waals surface area contributed by atoms with E-state index in [1.165, 1.54) is 6.07 Å². The van der Waals surface area contributed by atoms with Gasteiger partial charge in [0.05, 0.1) is 21.8 Å². The van der Waals surface area contributed by atoms with Crippen LogP contribution in [0.3, 0.4) is 0 Å². The molecule has 1 atom stereocenters. The number of hydrogen-bond donors (Lipinski definition) is 1. The first kappa shape index (κ1) is 17.2. The first-order valence-corrected chi connectivity index (χ1v) is 8.25. The van der Waals surface area contributed by atoms with Crippen molar-refractivity contribution >= 4 is 43.2 Å². The second-order valence-electron chi connectivity index (χ2n) is 4.24. The molecule has 0 fully saturated rings. The van der Waals surface area contributed by atoms with Crippen LogP contribution in [0, 0.1) is 16.0 Å². The van der Waals surface area contributed by atoms with E-state index in [0.29, 0.717) is 4.47 Å². The Balaban J connectivity index is 2.90. The number of nitro groups is 1. The minimum Gasteiger partial charge on any atom is -0.486 e.